The molecule has 31 heavy (non-hydrogen) atoms. The van der Waals surface area contributed by atoms with E-state index in [4.69, 9.17) is 5.11 Å². The van der Waals surface area contributed by atoms with Crippen molar-refractivity contribution in [1.82, 2.24) is 20.5 Å². The fraction of sp³-hybridized carbons (Fsp3) is 0.435. The van der Waals surface area contributed by atoms with Gasteiger partial charge in [0.2, 0.25) is 0 Å². The van der Waals surface area contributed by atoms with E-state index >= 15 is 0 Å². The van der Waals surface area contributed by atoms with Crippen LogP contribution in [-0.4, -0.2) is 59.2 Å². The van der Waals surface area contributed by atoms with Gasteiger partial charge >= 0.3 is 6.09 Å². The molecule has 1 saturated heterocycles. The third-order valence-electron chi connectivity index (χ3n) is 5.44. The zero-order valence-electron chi connectivity index (χ0n) is 17.9. The number of hydrogen-bond acceptors (Lipinski definition) is 4. The first kappa shape index (κ1) is 22.7. The molecule has 0 bridgehead atoms. The maximum absolute atomic E-state index is 13.4. The van der Waals surface area contributed by atoms with E-state index in [9.17, 15) is 14.0 Å². The van der Waals surface area contributed by atoms with Crippen LogP contribution in [0.25, 0.3) is 11.3 Å². The average Bonchev–Trinajstić information content (AvgIpc) is 2.74. The molecule has 3 N–H and O–H groups in total. The number of piperidine rings is 1. The lowest BCUT2D eigenvalue weighted by atomic mass is 9.91. The molecule has 0 radical (unpaired) electrons. The molecule has 1 aromatic heterocycles. The number of carboxylic acid groups (broad SMARTS) is 1. The van der Waals surface area contributed by atoms with Crippen LogP contribution in [0.1, 0.15) is 37.0 Å². The molecule has 2 aromatic rings. The highest BCUT2D eigenvalue weighted by Gasteiger charge is 2.27. The average molecular weight is 429 g/mol. The molecule has 3 rings (SSSR count). The Hall–Kier alpha value is -3.00. The van der Waals surface area contributed by atoms with Gasteiger partial charge in [-0.3, -0.25) is 9.78 Å². The lowest BCUT2D eigenvalue weighted by Crippen LogP contribution is -2.48. The highest BCUT2D eigenvalue weighted by Crippen LogP contribution is 2.21. The quantitative estimate of drug-likeness (QED) is 0.629. The number of nitrogens with one attached hydrogen (secondary N) is 2. The molecule has 0 unspecified atom stereocenters. The van der Waals surface area contributed by atoms with Crippen LogP contribution in [0.15, 0.2) is 42.6 Å². The molecule has 1 aliphatic rings. The maximum atomic E-state index is 13.4. The number of nitrogens with zero attached hydrogens (tertiary/aromatic N) is 2. The number of carbonyl (C=O) groups is 2. The molecule has 1 fully saturated rings. The Morgan fingerprint density at radius 1 is 1.23 bits per heavy atom. The highest BCUT2D eigenvalue weighted by molar-refractivity contribution is 5.94. The van der Waals surface area contributed by atoms with E-state index in [1.807, 2.05) is 13.8 Å². The fourth-order valence-corrected chi connectivity index (χ4v) is 3.83. The Balaban J connectivity index is 1.48. The molecular formula is C23H29FN4O3. The third-order valence-corrected chi connectivity index (χ3v) is 5.44. The van der Waals surface area contributed by atoms with E-state index < -0.39 is 6.09 Å². The standard InChI is InChI=1S/C23H29FN4O3/c1-23(2,14-26-22(30)31)15-28-10-8-19(9-11-28)27-21(29)17-6-7-20(25-13-17)16-4-3-5-18(24)12-16/h3-7,12-13,19,26H,8-11,14-15H2,1-2H3,(H,27,29)(H,30,31). The predicted molar refractivity (Wildman–Crippen MR) is 116 cm³/mol. The fourth-order valence-electron chi connectivity index (χ4n) is 3.83. The first-order valence-electron chi connectivity index (χ1n) is 10.4. The molecular weight excluding hydrogens is 399 g/mol. The molecule has 0 atom stereocenters. The first-order valence-corrected chi connectivity index (χ1v) is 10.4. The van der Waals surface area contributed by atoms with Gasteiger partial charge in [0.05, 0.1) is 11.3 Å². The van der Waals surface area contributed by atoms with E-state index in [1.165, 1.54) is 18.3 Å². The van der Waals surface area contributed by atoms with Crippen molar-refractivity contribution in [2.45, 2.75) is 32.7 Å². The van der Waals surface area contributed by atoms with Gasteiger partial charge in [0, 0.05) is 44.0 Å². The lowest BCUT2D eigenvalue weighted by Gasteiger charge is -2.37. The number of carbonyl (C=O) groups excluding carboxylic acids is 1. The van der Waals surface area contributed by atoms with Gasteiger partial charge in [-0.25, -0.2) is 9.18 Å². The van der Waals surface area contributed by atoms with E-state index in [2.05, 4.69) is 20.5 Å². The monoisotopic (exact) mass is 428 g/mol. The van der Waals surface area contributed by atoms with Crippen LogP contribution < -0.4 is 10.6 Å². The number of aromatic nitrogens is 1. The Labute approximate surface area is 181 Å². The molecule has 0 saturated carbocycles. The molecule has 1 aromatic carbocycles. The number of likely N-dealkylation sites (tertiary alicyclic amines) is 1. The maximum Gasteiger partial charge on any atom is 0.404 e. The van der Waals surface area contributed by atoms with Gasteiger partial charge in [-0.05, 0) is 42.5 Å². The smallest absolute Gasteiger partial charge is 0.404 e. The SMILES string of the molecule is CC(C)(CNC(=O)O)CN1CCC(NC(=O)c2ccc(-c3cccc(F)c3)nc2)CC1. The Kier molecular flexibility index (Phi) is 7.22. The van der Waals surface area contributed by atoms with Gasteiger partial charge in [-0.2, -0.15) is 0 Å². The Bertz CT molecular complexity index is 909. The van der Waals surface area contributed by atoms with Gasteiger partial charge in [-0.1, -0.05) is 26.0 Å². The molecule has 1 aliphatic heterocycles. The molecule has 2 amide bonds. The number of halogens is 1. The van der Waals surface area contributed by atoms with Crippen molar-refractivity contribution in [3.8, 4) is 11.3 Å². The van der Waals surface area contributed by atoms with Crippen molar-refractivity contribution in [1.29, 1.82) is 0 Å². The zero-order valence-corrected chi connectivity index (χ0v) is 17.9. The zero-order chi connectivity index (χ0) is 22.4. The van der Waals surface area contributed by atoms with Crippen LogP contribution in [0.2, 0.25) is 0 Å². The van der Waals surface area contributed by atoms with Crippen LogP contribution >= 0.6 is 0 Å². The van der Waals surface area contributed by atoms with Crippen LogP contribution in [0, 0.1) is 11.2 Å². The van der Waals surface area contributed by atoms with Crippen molar-refractivity contribution in [2.75, 3.05) is 26.2 Å². The first-order chi connectivity index (χ1) is 14.7. The van der Waals surface area contributed by atoms with Crippen LogP contribution in [-0.2, 0) is 0 Å². The van der Waals surface area contributed by atoms with Gasteiger partial charge in [0.25, 0.3) is 5.91 Å². The van der Waals surface area contributed by atoms with Gasteiger partial charge in [-0.15, -0.1) is 0 Å². The number of hydrogen-bond donors (Lipinski definition) is 3. The minimum Gasteiger partial charge on any atom is -0.465 e. The van der Waals surface area contributed by atoms with Crippen molar-refractivity contribution in [2.24, 2.45) is 5.41 Å². The normalized spacial score (nSPS) is 15.5. The Morgan fingerprint density at radius 3 is 2.58 bits per heavy atom. The third kappa shape index (κ3) is 6.75. The van der Waals surface area contributed by atoms with E-state index in [-0.39, 0.29) is 23.2 Å². The second kappa shape index (κ2) is 9.87. The summed E-state index contributed by atoms with van der Waals surface area (Å²) < 4.78 is 13.4. The molecule has 8 heteroatoms. The minimum absolute atomic E-state index is 0.0897. The summed E-state index contributed by atoms with van der Waals surface area (Å²) in [5.74, 6) is -0.489. The summed E-state index contributed by atoms with van der Waals surface area (Å²) in [5.41, 5.74) is 1.59. The summed E-state index contributed by atoms with van der Waals surface area (Å²) >= 11 is 0. The van der Waals surface area contributed by atoms with Crippen molar-refractivity contribution in [3.05, 3.63) is 54.0 Å². The molecule has 2 heterocycles. The predicted octanol–water partition coefficient (Wildman–Crippen LogP) is 3.38. The lowest BCUT2D eigenvalue weighted by molar-refractivity contribution is 0.0890. The summed E-state index contributed by atoms with van der Waals surface area (Å²) in [5, 5.41) is 14.3. The van der Waals surface area contributed by atoms with E-state index in [0.717, 1.165) is 32.5 Å². The second-order valence-corrected chi connectivity index (χ2v) is 8.79. The number of pyridine rings is 1. The van der Waals surface area contributed by atoms with Crippen LogP contribution in [0.5, 0.6) is 0 Å². The topological polar surface area (TPSA) is 94.6 Å². The molecule has 0 aliphatic carbocycles. The molecule has 0 spiro atoms. The van der Waals surface area contributed by atoms with Gasteiger partial charge in [0.1, 0.15) is 5.82 Å². The highest BCUT2D eigenvalue weighted by atomic mass is 19.1. The largest absolute Gasteiger partial charge is 0.465 e. The summed E-state index contributed by atoms with van der Waals surface area (Å²) in [6.45, 7) is 6.96. The van der Waals surface area contributed by atoms with Gasteiger partial charge in [0.15, 0.2) is 0 Å². The van der Waals surface area contributed by atoms with E-state index in [1.54, 1.807) is 24.3 Å². The minimum atomic E-state index is -1.01. The molecule has 7 nitrogen and oxygen atoms in total. The van der Waals surface area contributed by atoms with Crippen molar-refractivity contribution < 1.29 is 19.1 Å². The number of benzene rings is 1. The summed E-state index contributed by atoms with van der Waals surface area (Å²) in [7, 11) is 0. The summed E-state index contributed by atoms with van der Waals surface area (Å²) in [6.07, 6.45) is 2.18. The summed E-state index contributed by atoms with van der Waals surface area (Å²) in [4.78, 5) is 29.9. The second-order valence-electron chi connectivity index (χ2n) is 8.79. The van der Waals surface area contributed by atoms with E-state index in [0.29, 0.717) is 23.4 Å². The summed E-state index contributed by atoms with van der Waals surface area (Å²) in [6, 6.07) is 9.71. The van der Waals surface area contributed by atoms with Gasteiger partial charge < -0.3 is 20.6 Å². The number of rotatable bonds is 7. The molecule has 166 valence electrons. The Morgan fingerprint density at radius 2 is 1.97 bits per heavy atom. The van der Waals surface area contributed by atoms with Crippen LogP contribution in [0.3, 0.4) is 0 Å². The van der Waals surface area contributed by atoms with Crippen molar-refractivity contribution >= 4 is 12.0 Å². The van der Waals surface area contributed by atoms with Crippen LogP contribution in [0.4, 0.5) is 9.18 Å². The van der Waals surface area contributed by atoms with Crippen molar-refractivity contribution in [3.63, 3.8) is 0 Å². The number of amides is 2.